The van der Waals surface area contributed by atoms with E-state index in [2.05, 4.69) is 0 Å². The number of rotatable bonds is 10. The third-order valence-corrected chi connectivity index (χ3v) is 9.15. The summed E-state index contributed by atoms with van der Waals surface area (Å²) in [6.45, 7) is 14.3. The molecule has 3 aliphatic rings. The minimum atomic E-state index is -0.782. The lowest BCUT2D eigenvalue weighted by atomic mass is 9.81. The minimum absolute atomic E-state index is 0.0312. The van der Waals surface area contributed by atoms with E-state index in [0.717, 1.165) is 46.4 Å². The quantitative estimate of drug-likeness (QED) is 0.298. The number of aliphatic hydroxyl groups excluding tert-OH is 1. The van der Waals surface area contributed by atoms with Crippen molar-refractivity contribution in [3.05, 3.63) is 70.3 Å². The van der Waals surface area contributed by atoms with Crippen molar-refractivity contribution in [3.63, 3.8) is 0 Å². The predicted molar refractivity (Wildman–Crippen MR) is 189 cm³/mol. The fourth-order valence-electron chi connectivity index (χ4n) is 6.64. The van der Waals surface area contributed by atoms with Crippen LogP contribution in [0.1, 0.15) is 83.1 Å². The smallest absolute Gasteiger partial charge is 0.411 e. The Morgan fingerprint density at radius 2 is 1.56 bits per heavy atom. The average molecular weight is 692 g/mol. The molecular formula is C39H53N3O8. The topological polar surface area (TPSA) is 118 Å². The molecule has 2 aromatic rings. The van der Waals surface area contributed by atoms with E-state index in [9.17, 15) is 14.7 Å². The maximum absolute atomic E-state index is 15.2. The molecule has 1 saturated carbocycles. The van der Waals surface area contributed by atoms with Gasteiger partial charge in [0.2, 0.25) is 0 Å². The van der Waals surface area contributed by atoms with Gasteiger partial charge in [0.1, 0.15) is 23.6 Å². The van der Waals surface area contributed by atoms with E-state index in [1.165, 1.54) is 0 Å². The van der Waals surface area contributed by atoms with Gasteiger partial charge in [0.25, 0.3) is 5.91 Å². The first-order chi connectivity index (χ1) is 23.6. The number of hydrogen-bond acceptors (Lipinski definition) is 8. The van der Waals surface area contributed by atoms with Crippen molar-refractivity contribution < 1.29 is 38.4 Å². The highest BCUT2D eigenvalue weighted by molar-refractivity contribution is 6.04. The van der Waals surface area contributed by atoms with E-state index in [1.54, 1.807) is 16.9 Å². The van der Waals surface area contributed by atoms with Gasteiger partial charge < -0.3 is 33.9 Å². The number of aliphatic hydroxyl groups is 1. The Kier molecular flexibility index (Phi) is 11.2. The Morgan fingerprint density at radius 1 is 0.900 bits per heavy atom. The van der Waals surface area contributed by atoms with Crippen molar-refractivity contribution in [2.45, 2.75) is 110 Å². The van der Waals surface area contributed by atoms with Gasteiger partial charge in [-0.1, -0.05) is 36.4 Å². The molecule has 0 spiro atoms. The van der Waals surface area contributed by atoms with Crippen LogP contribution in [-0.2, 0) is 32.2 Å². The van der Waals surface area contributed by atoms with E-state index >= 15 is 4.79 Å². The fourth-order valence-corrected chi connectivity index (χ4v) is 6.64. The lowest BCUT2D eigenvalue weighted by Crippen LogP contribution is -2.66. The number of amides is 3. The maximum Gasteiger partial charge on any atom is 0.411 e. The van der Waals surface area contributed by atoms with Crippen molar-refractivity contribution in [2.75, 3.05) is 33.4 Å². The van der Waals surface area contributed by atoms with Gasteiger partial charge >= 0.3 is 12.2 Å². The van der Waals surface area contributed by atoms with Gasteiger partial charge in [-0.25, -0.2) is 9.59 Å². The summed E-state index contributed by atoms with van der Waals surface area (Å²) in [5.41, 5.74) is 3.33. The second-order valence-electron chi connectivity index (χ2n) is 15.4. The van der Waals surface area contributed by atoms with Crippen LogP contribution in [0.15, 0.2) is 48.0 Å². The lowest BCUT2D eigenvalue weighted by Gasteiger charge is -2.51. The first-order valence-corrected chi connectivity index (χ1v) is 17.5. The molecule has 1 saturated heterocycles. The summed E-state index contributed by atoms with van der Waals surface area (Å²) in [4.78, 5) is 47.9. The molecule has 11 heteroatoms. The van der Waals surface area contributed by atoms with Crippen LogP contribution in [0.2, 0.25) is 0 Å². The molecule has 2 bridgehead atoms. The minimum Gasteiger partial charge on any atom is -0.491 e. The highest BCUT2D eigenvalue weighted by Gasteiger charge is 2.50. The predicted octanol–water partition coefficient (Wildman–Crippen LogP) is 6.09. The fraction of sp³-hybridized carbons (Fsp3) is 0.564. The van der Waals surface area contributed by atoms with Crippen LogP contribution in [0.4, 0.5) is 9.59 Å². The Morgan fingerprint density at radius 3 is 2.16 bits per heavy atom. The molecule has 11 nitrogen and oxygen atoms in total. The van der Waals surface area contributed by atoms with Gasteiger partial charge in [-0.05, 0) is 102 Å². The molecule has 0 radical (unpaired) electrons. The number of methoxy groups -OCH3 is 1. The van der Waals surface area contributed by atoms with Crippen LogP contribution in [0.3, 0.4) is 0 Å². The van der Waals surface area contributed by atoms with Crippen LogP contribution < -0.4 is 4.74 Å². The largest absolute Gasteiger partial charge is 0.491 e. The number of carbonyl (C=O) groups is 3. The van der Waals surface area contributed by atoms with Gasteiger partial charge in [0.15, 0.2) is 0 Å². The van der Waals surface area contributed by atoms with Gasteiger partial charge in [-0.2, -0.15) is 0 Å². The second-order valence-corrected chi connectivity index (χ2v) is 15.4. The van der Waals surface area contributed by atoms with Gasteiger partial charge in [-0.15, -0.1) is 0 Å². The zero-order valence-corrected chi connectivity index (χ0v) is 30.8. The lowest BCUT2D eigenvalue weighted by molar-refractivity contribution is -0.129. The van der Waals surface area contributed by atoms with E-state index in [0.29, 0.717) is 31.8 Å². The molecule has 5 rings (SSSR count). The number of carbonyl (C=O) groups excluding carboxylic acids is 3. The zero-order chi connectivity index (χ0) is 36.4. The van der Waals surface area contributed by atoms with Crippen LogP contribution in [0, 0.1) is 6.92 Å². The number of fused-ring (bicyclic) bond motifs is 2. The monoisotopic (exact) mass is 691 g/mol. The van der Waals surface area contributed by atoms with Crippen molar-refractivity contribution in [1.82, 2.24) is 14.7 Å². The summed E-state index contributed by atoms with van der Waals surface area (Å²) in [6, 6.07) is 12.2. The summed E-state index contributed by atoms with van der Waals surface area (Å²) >= 11 is 0. The average Bonchev–Trinajstić information content (AvgIpc) is 3.88. The normalized spacial score (nSPS) is 19.3. The number of nitrogens with zero attached hydrogens (tertiary/aromatic N) is 3. The summed E-state index contributed by atoms with van der Waals surface area (Å²) in [7, 11) is 1.63. The SMILES string of the molecule is COCCOc1cccc(CN(C(=O)C2=C(c3ccc(CO)cc3)CC3CN(C(=O)OC(C)(C)C)CC2N3C(=O)OC(C)(C)C)C2CC2)c1C. The zero-order valence-electron chi connectivity index (χ0n) is 30.8. The van der Waals surface area contributed by atoms with Crippen LogP contribution >= 0.6 is 0 Å². The van der Waals surface area contributed by atoms with Gasteiger partial charge in [-0.3, -0.25) is 9.69 Å². The van der Waals surface area contributed by atoms with Crippen molar-refractivity contribution in [2.24, 2.45) is 0 Å². The molecule has 50 heavy (non-hydrogen) atoms. The third-order valence-electron chi connectivity index (χ3n) is 9.15. The molecule has 1 N–H and O–H groups in total. The first kappa shape index (κ1) is 37.2. The Bertz CT molecular complexity index is 1590. The van der Waals surface area contributed by atoms with Gasteiger partial charge in [0, 0.05) is 38.4 Å². The highest BCUT2D eigenvalue weighted by Crippen LogP contribution is 2.42. The van der Waals surface area contributed by atoms with Gasteiger partial charge in [0.05, 0.1) is 25.3 Å². The number of piperazine rings is 1. The van der Waals surface area contributed by atoms with E-state index in [-0.39, 0.29) is 31.6 Å². The maximum atomic E-state index is 15.2. The van der Waals surface area contributed by atoms with Crippen molar-refractivity contribution >= 4 is 23.7 Å². The highest BCUT2D eigenvalue weighted by atomic mass is 16.6. The Labute approximate surface area is 296 Å². The molecule has 2 aliphatic heterocycles. The standard InChI is InChI=1S/C39H53N3O8/c1-25-28(10-9-11-33(25)48-19-18-47-8)21-41(29-16-17-29)35(44)34-31(27-14-12-26(24-43)13-15-27)20-30-22-40(36(45)49-38(2,3)4)23-32(34)42(30)37(46)50-39(5,6)7/h9-15,29-30,32,43H,16-24H2,1-8H3. The second kappa shape index (κ2) is 15.0. The molecule has 2 aromatic carbocycles. The Hall–Kier alpha value is -4.09. The molecule has 2 fully saturated rings. The molecule has 0 aromatic heterocycles. The number of hydrogen-bond donors (Lipinski definition) is 1. The van der Waals surface area contributed by atoms with Crippen molar-refractivity contribution in [1.29, 1.82) is 0 Å². The van der Waals surface area contributed by atoms with E-state index < -0.39 is 35.5 Å². The molecule has 272 valence electrons. The molecular weight excluding hydrogens is 638 g/mol. The summed E-state index contributed by atoms with van der Waals surface area (Å²) in [6.07, 6.45) is 1.06. The van der Waals surface area contributed by atoms with Crippen LogP contribution in [0.5, 0.6) is 5.75 Å². The summed E-state index contributed by atoms with van der Waals surface area (Å²) in [5.74, 6) is 0.561. The molecule has 1 aliphatic carbocycles. The third kappa shape index (κ3) is 8.79. The molecule has 2 unspecified atom stereocenters. The summed E-state index contributed by atoms with van der Waals surface area (Å²) < 4.78 is 22.9. The number of ether oxygens (including phenoxy) is 4. The molecule has 2 heterocycles. The van der Waals surface area contributed by atoms with E-state index in [4.69, 9.17) is 18.9 Å². The van der Waals surface area contributed by atoms with E-state index in [1.807, 2.05) is 95.8 Å². The molecule has 3 amide bonds. The van der Waals surface area contributed by atoms with Crippen molar-refractivity contribution in [3.8, 4) is 5.75 Å². The van der Waals surface area contributed by atoms with Crippen LogP contribution in [0.25, 0.3) is 5.57 Å². The van der Waals surface area contributed by atoms with Crippen LogP contribution in [-0.4, -0.2) is 101 Å². The summed E-state index contributed by atoms with van der Waals surface area (Å²) in [5, 5.41) is 9.75. The molecule has 2 atom stereocenters. The Balaban J connectivity index is 1.60. The number of benzene rings is 2. The first-order valence-electron chi connectivity index (χ1n) is 17.5.